The third-order valence-electron chi connectivity index (χ3n) is 2.45. The van der Waals surface area contributed by atoms with Crippen molar-refractivity contribution < 1.29 is 9.53 Å². The monoisotopic (exact) mass is 295 g/mol. The molecule has 2 amide bonds. The Morgan fingerprint density at radius 3 is 2.84 bits per heavy atom. The fourth-order valence-corrected chi connectivity index (χ4v) is 2.48. The molecule has 0 aliphatic rings. The number of urea groups is 1. The van der Waals surface area contributed by atoms with Crippen molar-refractivity contribution in [2.75, 3.05) is 12.4 Å². The molecule has 0 spiro atoms. The van der Waals surface area contributed by atoms with Crippen molar-refractivity contribution in [1.29, 1.82) is 0 Å². The first kappa shape index (κ1) is 13.7. The molecule has 0 unspecified atom stereocenters. The smallest absolute Gasteiger partial charge is 0.329 e. The van der Waals surface area contributed by atoms with E-state index in [1.165, 1.54) is 0 Å². The molecule has 2 N–H and O–H groups in total. The van der Waals surface area contributed by atoms with Gasteiger partial charge >= 0.3 is 6.03 Å². The summed E-state index contributed by atoms with van der Waals surface area (Å²) in [7, 11) is 1.59. The number of nitrogens with one attached hydrogen (secondary N) is 2. The topological polar surface area (TPSA) is 63.2 Å². The minimum absolute atomic E-state index is 0.397. The van der Waals surface area contributed by atoms with Gasteiger partial charge in [-0.3, -0.25) is 4.72 Å². The molecule has 7 heteroatoms. The second-order valence-corrected chi connectivity index (χ2v) is 5.18. The van der Waals surface area contributed by atoms with Gasteiger partial charge in [-0.15, -0.1) is 11.3 Å². The van der Waals surface area contributed by atoms with Crippen molar-refractivity contribution in [3.8, 4) is 16.2 Å². The fourth-order valence-electron chi connectivity index (χ4n) is 1.62. The van der Waals surface area contributed by atoms with Gasteiger partial charge in [0.05, 0.1) is 17.0 Å². The van der Waals surface area contributed by atoms with Crippen LogP contribution in [0.2, 0.25) is 0 Å². The molecule has 0 saturated heterocycles. The molecule has 2 aromatic rings. The van der Waals surface area contributed by atoms with Crippen LogP contribution in [0, 0.1) is 6.92 Å². The van der Waals surface area contributed by atoms with Crippen molar-refractivity contribution in [2.24, 2.45) is 0 Å². The average molecular weight is 295 g/mol. The Morgan fingerprint density at radius 1 is 1.47 bits per heavy atom. The Balaban J connectivity index is 2.34. The van der Waals surface area contributed by atoms with Crippen LogP contribution in [0.3, 0.4) is 0 Å². The average Bonchev–Trinajstić information content (AvgIpc) is 2.84. The number of aryl methyl sites for hydroxylation is 1. The normalized spacial score (nSPS) is 10.1. The number of hydrogen-bond acceptors (Lipinski definition) is 5. The fraction of sp³-hybridized carbons (Fsp3) is 0.167. The molecular formula is C12H13N3O2S2. The highest BCUT2D eigenvalue weighted by atomic mass is 32.1. The second-order valence-electron chi connectivity index (χ2n) is 3.72. The number of aromatic nitrogens is 1. The van der Waals surface area contributed by atoms with Crippen LogP contribution in [0.15, 0.2) is 24.4 Å². The van der Waals surface area contributed by atoms with E-state index in [4.69, 9.17) is 4.74 Å². The van der Waals surface area contributed by atoms with E-state index in [0.717, 1.165) is 15.4 Å². The molecule has 0 aliphatic heterocycles. The molecule has 1 aromatic heterocycles. The van der Waals surface area contributed by atoms with Gasteiger partial charge in [-0.1, -0.05) is 12.8 Å². The van der Waals surface area contributed by atoms with Crippen molar-refractivity contribution in [3.05, 3.63) is 29.4 Å². The molecular weight excluding hydrogens is 282 g/mol. The number of methoxy groups -OCH3 is 1. The predicted molar refractivity (Wildman–Crippen MR) is 80.0 cm³/mol. The van der Waals surface area contributed by atoms with E-state index < -0.39 is 6.03 Å². The van der Waals surface area contributed by atoms with Gasteiger partial charge in [0.25, 0.3) is 0 Å². The summed E-state index contributed by atoms with van der Waals surface area (Å²) >= 11 is 5.27. The van der Waals surface area contributed by atoms with Gasteiger partial charge in [0.15, 0.2) is 0 Å². The summed E-state index contributed by atoms with van der Waals surface area (Å²) in [5.74, 6) is 0.681. The van der Waals surface area contributed by atoms with Crippen molar-refractivity contribution in [3.63, 3.8) is 0 Å². The molecule has 100 valence electrons. The van der Waals surface area contributed by atoms with Crippen molar-refractivity contribution in [2.45, 2.75) is 6.92 Å². The molecule has 0 atom stereocenters. The van der Waals surface area contributed by atoms with Crippen LogP contribution in [-0.2, 0) is 0 Å². The molecule has 19 heavy (non-hydrogen) atoms. The van der Waals surface area contributed by atoms with Gasteiger partial charge in [0.2, 0.25) is 0 Å². The number of hydrogen-bond donors (Lipinski definition) is 3. The van der Waals surface area contributed by atoms with Crippen molar-refractivity contribution in [1.82, 2.24) is 9.71 Å². The maximum atomic E-state index is 11.2. The third-order valence-corrected chi connectivity index (χ3v) is 3.60. The number of carbonyl (C=O) groups is 1. The van der Waals surface area contributed by atoms with Crippen LogP contribution in [0.1, 0.15) is 5.01 Å². The van der Waals surface area contributed by atoms with Gasteiger partial charge in [-0.25, -0.2) is 9.78 Å². The maximum absolute atomic E-state index is 11.2. The molecule has 0 fully saturated rings. The Labute approximate surface area is 120 Å². The predicted octanol–water partition coefficient (Wildman–Crippen LogP) is 3.09. The quantitative estimate of drug-likeness (QED) is 0.762. The van der Waals surface area contributed by atoms with Gasteiger partial charge in [-0.05, 0) is 19.1 Å². The highest BCUT2D eigenvalue weighted by Crippen LogP contribution is 2.35. The SMILES string of the molecule is COc1cc(NC(=O)NS)ccc1-c1cnc(C)s1. The van der Waals surface area contributed by atoms with Crippen LogP contribution < -0.4 is 14.8 Å². The van der Waals surface area contributed by atoms with Crippen LogP contribution in [0.5, 0.6) is 5.75 Å². The number of anilines is 1. The summed E-state index contributed by atoms with van der Waals surface area (Å²) < 4.78 is 7.55. The van der Waals surface area contributed by atoms with E-state index in [2.05, 4.69) is 27.8 Å². The first-order valence-corrected chi connectivity index (χ1v) is 6.72. The minimum atomic E-state index is -0.397. The number of rotatable bonds is 3. The van der Waals surface area contributed by atoms with Gasteiger partial charge in [-0.2, -0.15) is 0 Å². The van der Waals surface area contributed by atoms with Crippen LogP contribution in [-0.4, -0.2) is 18.1 Å². The molecule has 0 aliphatic carbocycles. The number of amides is 2. The van der Waals surface area contributed by atoms with Gasteiger partial charge < -0.3 is 10.1 Å². The highest BCUT2D eigenvalue weighted by molar-refractivity contribution is 7.78. The molecule has 5 nitrogen and oxygen atoms in total. The maximum Gasteiger partial charge on any atom is 0.329 e. The Morgan fingerprint density at radius 2 is 2.26 bits per heavy atom. The largest absolute Gasteiger partial charge is 0.496 e. The van der Waals surface area contributed by atoms with E-state index in [9.17, 15) is 4.79 Å². The van der Waals surface area contributed by atoms with Gasteiger partial charge in [0, 0.05) is 23.5 Å². The zero-order chi connectivity index (χ0) is 13.8. The number of carbonyl (C=O) groups excluding carboxylic acids is 1. The van der Waals surface area contributed by atoms with Crippen LogP contribution >= 0.6 is 24.2 Å². The van der Waals surface area contributed by atoms with Gasteiger partial charge in [0.1, 0.15) is 5.75 Å². The minimum Gasteiger partial charge on any atom is -0.496 e. The van der Waals surface area contributed by atoms with Crippen LogP contribution in [0.4, 0.5) is 10.5 Å². The number of thiazole rings is 1. The molecule has 2 rings (SSSR count). The summed E-state index contributed by atoms with van der Waals surface area (Å²) in [4.78, 5) is 16.4. The number of nitrogens with zero attached hydrogens (tertiary/aromatic N) is 1. The van der Waals surface area contributed by atoms with Crippen LogP contribution in [0.25, 0.3) is 10.4 Å². The Bertz CT molecular complexity index is 598. The van der Waals surface area contributed by atoms with E-state index >= 15 is 0 Å². The Kier molecular flexibility index (Phi) is 4.28. The standard InChI is InChI=1S/C12H13N3O2S2/c1-7-13-6-11(19-7)9-4-3-8(5-10(9)17-2)14-12(16)15-18/h3-6,18H,1-2H3,(H2,14,15,16). The number of thiol groups is 1. The molecule has 0 radical (unpaired) electrons. The lowest BCUT2D eigenvalue weighted by Gasteiger charge is -2.10. The highest BCUT2D eigenvalue weighted by Gasteiger charge is 2.10. The number of ether oxygens (including phenoxy) is 1. The summed E-state index contributed by atoms with van der Waals surface area (Å²) in [6.07, 6.45) is 1.81. The van der Waals surface area contributed by atoms with E-state index in [-0.39, 0.29) is 0 Å². The summed E-state index contributed by atoms with van der Waals surface area (Å²) in [6, 6.07) is 5.05. The first-order chi connectivity index (χ1) is 9.13. The molecule has 0 saturated carbocycles. The zero-order valence-electron chi connectivity index (χ0n) is 10.4. The van der Waals surface area contributed by atoms with E-state index in [1.807, 2.05) is 19.2 Å². The molecule has 1 aromatic carbocycles. The lowest BCUT2D eigenvalue weighted by Crippen LogP contribution is -2.20. The zero-order valence-corrected chi connectivity index (χ0v) is 12.1. The molecule has 0 bridgehead atoms. The second kappa shape index (κ2) is 5.94. The summed E-state index contributed by atoms with van der Waals surface area (Å²) in [5, 5.41) is 3.63. The van der Waals surface area contributed by atoms with E-state index in [0.29, 0.717) is 11.4 Å². The number of benzene rings is 1. The Hall–Kier alpha value is -1.73. The van der Waals surface area contributed by atoms with E-state index in [1.54, 1.807) is 30.6 Å². The third kappa shape index (κ3) is 3.18. The first-order valence-electron chi connectivity index (χ1n) is 5.46. The van der Waals surface area contributed by atoms with Crippen molar-refractivity contribution >= 4 is 35.9 Å². The summed E-state index contributed by atoms with van der Waals surface area (Å²) in [5.41, 5.74) is 1.58. The summed E-state index contributed by atoms with van der Waals surface area (Å²) in [6.45, 7) is 1.95. The lowest BCUT2D eigenvalue weighted by atomic mass is 10.1. The lowest BCUT2D eigenvalue weighted by molar-refractivity contribution is 0.257. The molecule has 1 heterocycles.